The Hall–Kier alpha value is -1.86. The standard InChI is InChI=1S/C14H20N4O2S/c1-10-8-13(5-6-14(10)15)21(19,20)17-7-3-4-12-9-16-18-11(12)2/h5-6,8-9,17H,3-4,7,15H2,1-2H3,(H,16,18). The van der Waals surface area contributed by atoms with Gasteiger partial charge in [-0.3, -0.25) is 5.10 Å². The summed E-state index contributed by atoms with van der Waals surface area (Å²) in [6.07, 6.45) is 3.27. The van der Waals surface area contributed by atoms with Gasteiger partial charge < -0.3 is 5.73 Å². The minimum Gasteiger partial charge on any atom is -0.399 e. The summed E-state index contributed by atoms with van der Waals surface area (Å²) < 4.78 is 26.9. The quantitative estimate of drug-likeness (QED) is 0.556. The van der Waals surface area contributed by atoms with Crippen LogP contribution in [0.15, 0.2) is 29.3 Å². The third-order valence-electron chi connectivity index (χ3n) is 3.40. The Morgan fingerprint density at radius 2 is 2.10 bits per heavy atom. The maximum atomic E-state index is 12.2. The van der Waals surface area contributed by atoms with Crippen LogP contribution < -0.4 is 10.5 Å². The molecule has 0 amide bonds. The van der Waals surface area contributed by atoms with E-state index in [-0.39, 0.29) is 4.90 Å². The van der Waals surface area contributed by atoms with Crippen molar-refractivity contribution in [1.29, 1.82) is 0 Å². The number of aryl methyl sites for hydroxylation is 3. The molecule has 6 nitrogen and oxygen atoms in total. The maximum Gasteiger partial charge on any atom is 0.240 e. The summed E-state index contributed by atoms with van der Waals surface area (Å²) in [5.41, 5.74) is 9.17. The van der Waals surface area contributed by atoms with E-state index in [1.54, 1.807) is 25.3 Å². The first-order valence-corrected chi connectivity index (χ1v) is 8.23. The number of nitrogens with two attached hydrogens (primary N) is 1. The minimum absolute atomic E-state index is 0.244. The molecular weight excluding hydrogens is 288 g/mol. The molecule has 0 aliphatic rings. The molecule has 0 saturated heterocycles. The summed E-state index contributed by atoms with van der Waals surface area (Å²) in [4.78, 5) is 0.244. The Balaban J connectivity index is 1.92. The zero-order valence-electron chi connectivity index (χ0n) is 12.2. The summed E-state index contributed by atoms with van der Waals surface area (Å²) in [7, 11) is -3.48. The number of hydrogen-bond acceptors (Lipinski definition) is 4. The fourth-order valence-electron chi connectivity index (χ4n) is 2.01. The van der Waals surface area contributed by atoms with Gasteiger partial charge in [-0.1, -0.05) is 0 Å². The SMILES string of the molecule is Cc1cc(S(=O)(=O)NCCCc2cn[nH]c2C)ccc1N. The van der Waals surface area contributed by atoms with Gasteiger partial charge in [-0.05, 0) is 56.0 Å². The number of nitrogens with zero attached hydrogens (tertiary/aromatic N) is 1. The van der Waals surface area contributed by atoms with Crippen LogP contribution in [0.3, 0.4) is 0 Å². The van der Waals surface area contributed by atoms with Crippen LogP contribution in [-0.4, -0.2) is 25.2 Å². The van der Waals surface area contributed by atoms with Crippen molar-refractivity contribution in [1.82, 2.24) is 14.9 Å². The molecular formula is C14H20N4O2S. The Bertz CT molecular complexity index is 722. The highest BCUT2D eigenvalue weighted by Gasteiger charge is 2.14. The van der Waals surface area contributed by atoms with Gasteiger partial charge in [0.1, 0.15) is 0 Å². The molecule has 1 aromatic carbocycles. The Kier molecular flexibility index (Phi) is 4.64. The second-order valence-electron chi connectivity index (χ2n) is 5.04. The number of aromatic amines is 1. The van der Waals surface area contributed by atoms with Gasteiger partial charge in [0, 0.05) is 17.9 Å². The molecule has 0 atom stereocenters. The number of nitrogens with one attached hydrogen (secondary N) is 2. The van der Waals surface area contributed by atoms with Crippen LogP contribution in [0.2, 0.25) is 0 Å². The predicted molar refractivity (Wildman–Crippen MR) is 82.4 cm³/mol. The predicted octanol–water partition coefficient (Wildman–Crippen LogP) is 1.52. The molecule has 0 bridgehead atoms. The van der Waals surface area contributed by atoms with Crippen molar-refractivity contribution in [3.05, 3.63) is 41.2 Å². The first-order chi connectivity index (χ1) is 9.90. The van der Waals surface area contributed by atoms with Crippen molar-refractivity contribution >= 4 is 15.7 Å². The van der Waals surface area contributed by atoms with Gasteiger partial charge in [-0.2, -0.15) is 5.10 Å². The van der Waals surface area contributed by atoms with Gasteiger partial charge in [-0.15, -0.1) is 0 Å². The van der Waals surface area contributed by atoms with Crippen molar-refractivity contribution in [3.8, 4) is 0 Å². The highest BCUT2D eigenvalue weighted by molar-refractivity contribution is 7.89. The van der Waals surface area contributed by atoms with E-state index in [0.717, 1.165) is 23.2 Å². The maximum absolute atomic E-state index is 12.2. The smallest absolute Gasteiger partial charge is 0.240 e. The van der Waals surface area contributed by atoms with Crippen LogP contribution >= 0.6 is 0 Å². The molecule has 1 heterocycles. The number of rotatable bonds is 6. The number of aromatic nitrogens is 2. The summed E-state index contributed by atoms with van der Waals surface area (Å²) in [5, 5.41) is 6.80. The zero-order valence-corrected chi connectivity index (χ0v) is 13.0. The van der Waals surface area contributed by atoms with Crippen LogP contribution in [-0.2, 0) is 16.4 Å². The highest BCUT2D eigenvalue weighted by Crippen LogP contribution is 2.16. The molecule has 7 heteroatoms. The normalized spacial score (nSPS) is 11.7. The number of hydrogen-bond donors (Lipinski definition) is 3. The van der Waals surface area contributed by atoms with E-state index >= 15 is 0 Å². The van der Waals surface area contributed by atoms with E-state index < -0.39 is 10.0 Å². The lowest BCUT2D eigenvalue weighted by Crippen LogP contribution is -2.25. The molecule has 2 rings (SSSR count). The molecule has 0 spiro atoms. The van der Waals surface area contributed by atoms with Gasteiger partial charge in [0.15, 0.2) is 0 Å². The fourth-order valence-corrected chi connectivity index (χ4v) is 3.17. The van der Waals surface area contributed by atoms with Crippen LogP contribution in [0.25, 0.3) is 0 Å². The fraction of sp³-hybridized carbons (Fsp3) is 0.357. The van der Waals surface area contributed by atoms with Crippen LogP contribution in [0, 0.1) is 13.8 Å². The number of sulfonamides is 1. The molecule has 0 aliphatic heterocycles. The van der Waals surface area contributed by atoms with Crippen molar-refractivity contribution in [2.75, 3.05) is 12.3 Å². The topological polar surface area (TPSA) is 101 Å². The summed E-state index contributed by atoms with van der Waals surface area (Å²) in [5.74, 6) is 0. The molecule has 4 N–H and O–H groups in total. The Morgan fingerprint density at radius 1 is 1.33 bits per heavy atom. The average Bonchev–Trinajstić information content (AvgIpc) is 2.83. The summed E-state index contributed by atoms with van der Waals surface area (Å²) in [6.45, 7) is 4.12. The molecule has 114 valence electrons. The number of benzene rings is 1. The van der Waals surface area contributed by atoms with Crippen molar-refractivity contribution < 1.29 is 8.42 Å². The third-order valence-corrected chi connectivity index (χ3v) is 4.86. The molecule has 0 fully saturated rings. The molecule has 0 saturated carbocycles. The third kappa shape index (κ3) is 3.83. The van der Waals surface area contributed by atoms with Gasteiger partial charge in [0.2, 0.25) is 10.0 Å². The molecule has 21 heavy (non-hydrogen) atoms. The zero-order chi connectivity index (χ0) is 15.5. The summed E-state index contributed by atoms with van der Waals surface area (Å²) in [6, 6.07) is 4.71. The van der Waals surface area contributed by atoms with Gasteiger partial charge in [-0.25, -0.2) is 13.1 Å². The molecule has 0 aliphatic carbocycles. The second kappa shape index (κ2) is 6.28. The van der Waals surface area contributed by atoms with E-state index in [4.69, 9.17) is 5.73 Å². The molecule has 0 radical (unpaired) electrons. The van der Waals surface area contributed by atoms with Gasteiger partial charge in [0.25, 0.3) is 0 Å². The minimum atomic E-state index is -3.48. The van der Waals surface area contributed by atoms with Crippen LogP contribution in [0.1, 0.15) is 23.2 Å². The Labute approximate surface area is 124 Å². The number of anilines is 1. The monoisotopic (exact) mass is 308 g/mol. The van der Waals surface area contributed by atoms with Crippen molar-refractivity contribution in [2.24, 2.45) is 0 Å². The van der Waals surface area contributed by atoms with E-state index in [1.807, 2.05) is 6.92 Å². The van der Waals surface area contributed by atoms with Crippen molar-refractivity contribution in [3.63, 3.8) is 0 Å². The number of nitrogen functional groups attached to an aromatic ring is 1. The molecule has 0 unspecified atom stereocenters. The highest BCUT2D eigenvalue weighted by atomic mass is 32.2. The largest absolute Gasteiger partial charge is 0.399 e. The van der Waals surface area contributed by atoms with E-state index in [2.05, 4.69) is 14.9 Å². The average molecular weight is 308 g/mol. The first kappa shape index (κ1) is 15.5. The van der Waals surface area contributed by atoms with E-state index in [9.17, 15) is 8.42 Å². The lowest BCUT2D eigenvalue weighted by Gasteiger charge is -2.08. The van der Waals surface area contributed by atoms with Crippen LogP contribution in [0.5, 0.6) is 0 Å². The van der Waals surface area contributed by atoms with E-state index in [0.29, 0.717) is 18.7 Å². The first-order valence-electron chi connectivity index (χ1n) is 6.75. The van der Waals surface area contributed by atoms with Crippen molar-refractivity contribution in [2.45, 2.75) is 31.6 Å². The molecule has 2 aromatic rings. The Morgan fingerprint density at radius 3 is 2.71 bits per heavy atom. The van der Waals surface area contributed by atoms with Gasteiger partial charge in [0.05, 0.1) is 11.1 Å². The second-order valence-corrected chi connectivity index (χ2v) is 6.81. The van der Waals surface area contributed by atoms with E-state index in [1.165, 1.54) is 6.07 Å². The lowest BCUT2D eigenvalue weighted by atomic mass is 10.1. The number of H-pyrrole nitrogens is 1. The molecule has 1 aromatic heterocycles. The van der Waals surface area contributed by atoms with Gasteiger partial charge >= 0.3 is 0 Å². The summed E-state index contributed by atoms with van der Waals surface area (Å²) >= 11 is 0. The lowest BCUT2D eigenvalue weighted by molar-refractivity contribution is 0.579. The van der Waals surface area contributed by atoms with Crippen LogP contribution in [0.4, 0.5) is 5.69 Å².